The highest BCUT2D eigenvalue weighted by atomic mass is 32.2. The highest BCUT2D eigenvalue weighted by molar-refractivity contribution is 7.98. The molecule has 0 aliphatic heterocycles. The topological polar surface area (TPSA) is 66.0 Å². The van der Waals surface area contributed by atoms with E-state index in [4.69, 9.17) is 5.11 Å². The number of aromatic carboxylic acids is 1. The van der Waals surface area contributed by atoms with Crippen LogP contribution in [0.25, 0.3) is 11.0 Å². The maximum absolute atomic E-state index is 13.3. The number of imidazole rings is 1. The van der Waals surface area contributed by atoms with Crippen LogP contribution in [-0.4, -0.2) is 21.0 Å². The van der Waals surface area contributed by atoms with E-state index in [0.29, 0.717) is 16.5 Å². The number of thioether (sulfide) groups is 1. The first-order valence-electron chi connectivity index (χ1n) is 6.23. The number of aromatic nitrogens is 2. The molecule has 2 aromatic carbocycles. The van der Waals surface area contributed by atoms with Crippen LogP contribution in [0.3, 0.4) is 0 Å². The molecule has 2 N–H and O–H groups in total. The number of H-pyrrole nitrogens is 1. The lowest BCUT2D eigenvalue weighted by atomic mass is 10.1. The number of carboxylic acid groups (broad SMARTS) is 1. The maximum atomic E-state index is 13.3. The van der Waals surface area contributed by atoms with Crippen LogP contribution in [0.2, 0.25) is 0 Å². The van der Waals surface area contributed by atoms with E-state index in [1.807, 2.05) is 24.3 Å². The Morgan fingerprint density at radius 1 is 1.29 bits per heavy atom. The summed E-state index contributed by atoms with van der Waals surface area (Å²) in [4.78, 5) is 18.7. The standard InChI is InChI=1S/C15H11FN2O2S/c16-10-5-6-11(14(19)20)9(7-10)8-21-15-17-12-3-1-2-4-13(12)18-15/h1-7H,8H2,(H,17,18)(H,19,20). The van der Waals surface area contributed by atoms with Gasteiger partial charge in [-0.15, -0.1) is 0 Å². The Balaban J connectivity index is 1.84. The van der Waals surface area contributed by atoms with E-state index in [-0.39, 0.29) is 5.56 Å². The quantitative estimate of drug-likeness (QED) is 0.721. The van der Waals surface area contributed by atoms with Crippen LogP contribution in [0.5, 0.6) is 0 Å². The Bertz CT molecular complexity index is 783. The lowest BCUT2D eigenvalue weighted by molar-refractivity contribution is 0.0696. The van der Waals surface area contributed by atoms with Crippen molar-refractivity contribution in [3.63, 3.8) is 0 Å². The fourth-order valence-electron chi connectivity index (χ4n) is 2.03. The van der Waals surface area contributed by atoms with E-state index in [1.54, 1.807) is 0 Å². The van der Waals surface area contributed by atoms with E-state index < -0.39 is 11.8 Å². The average molecular weight is 302 g/mol. The molecular formula is C15H11FN2O2S. The number of hydrogen-bond donors (Lipinski definition) is 2. The van der Waals surface area contributed by atoms with Gasteiger partial charge in [0.15, 0.2) is 5.16 Å². The van der Waals surface area contributed by atoms with Gasteiger partial charge in [-0.05, 0) is 35.9 Å². The van der Waals surface area contributed by atoms with Gasteiger partial charge in [-0.25, -0.2) is 14.2 Å². The molecule has 21 heavy (non-hydrogen) atoms. The van der Waals surface area contributed by atoms with Gasteiger partial charge in [0.05, 0.1) is 16.6 Å². The normalized spacial score (nSPS) is 10.9. The van der Waals surface area contributed by atoms with Crippen molar-refractivity contribution in [3.05, 3.63) is 59.4 Å². The Labute approximate surface area is 124 Å². The molecular weight excluding hydrogens is 291 g/mol. The van der Waals surface area contributed by atoms with Crippen molar-refractivity contribution in [1.29, 1.82) is 0 Å². The number of rotatable bonds is 4. The number of benzene rings is 2. The summed E-state index contributed by atoms with van der Waals surface area (Å²) in [6.45, 7) is 0. The molecule has 3 rings (SSSR count). The number of halogens is 1. The molecule has 0 amide bonds. The Hall–Kier alpha value is -2.34. The van der Waals surface area contributed by atoms with Gasteiger partial charge < -0.3 is 10.1 Å². The fraction of sp³-hybridized carbons (Fsp3) is 0.0667. The molecule has 3 aromatic rings. The van der Waals surface area contributed by atoms with Gasteiger partial charge in [-0.3, -0.25) is 0 Å². The van der Waals surface area contributed by atoms with Gasteiger partial charge in [0.1, 0.15) is 5.82 Å². The van der Waals surface area contributed by atoms with Crippen molar-refractivity contribution in [1.82, 2.24) is 9.97 Å². The first-order chi connectivity index (χ1) is 10.1. The lowest BCUT2D eigenvalue weighted by Crippen LogP contribution is -2.02. The number of aromatic amines is 1. The van der Waals surface area contributed by atoms with Crippen molar-refractivity contribution in [2.24, 2.45) is 0 Å². The van der Waals surface area contributed by atoms with Crippen LogP contribution in [0.15, 0.2) is 47.6 Å². The molecule has 6 heteroatoms. The second-order valence-electron chi connectivity index (χ2n) is 4.45. The number of para-hydroxylation sites is 2. The predicted octanol–water partition coefficient (Wildman–Crippen LogP) is 3.69. The van der Waals surface area contributed by atoms with Gasteiger partial charge in [0.2, 0.25) is 0 Å². The number of hydrogen-bond acceptors (Lipinski definition) is 3. The van der Waals surface area contributed by atoms with Crippen molar-refractivity contribution >= 4 is 28.8 Å². The van der Waals surface area contributed by atoms with E-state index in [1.165, 1.54) is 23.9 Å². The minimum absolute atomic E-state index is 0.111. The van der Waals surface area contributed by atoms with Crippen molar-refractivity contribution in [3.8, 4) is 0 Å². The second kappa shape index (κ2) is 5.57. The SMILES string of the molecule is O=C(O)c1ccc(F)cc1CSc1nc2ccccc2[nH]1. The third-order valence-corrected chi connectivity index (χ3v) is 3.95. The van der Waals surface area contributed by atoms with Gasteiger partial charge >= 0.3 is 5.97 Å². The van der Waals surface area contributed by atoms with Crippen LogP contribution in [0.1, 0.15) is 15.9 Å². The molecule has 0 bridgehead atoms. The molecule has 0 atom stereocenters. The van der Waals surface area contributed by atoms with Crippen LogP contribution < -0.4 is 0 Å². The highest BCUT2D eigenvalue weighted by Crippen LogP contribution is 2.25. The molecule has 0 spiro atoms. The molecule has 1 aromatic heterocycles. The molecule has 4 nitrogen and oxygen atoms in total. The smallest absolute Gasteiger partial charge is 0.335 e. The molecule has 0 fully saturated rings. The fourth-order valence-corrected chi connectivity index (χ4v) is 2.91. The number of carbonyl (C=O) groups is 1. The summed E-state index contributed by atoms with van der Waals surface area (Å²) in [5, 5.41) is 9.79. The summed E-state index contributed by atoms with van der Waals surface area (Å²) in [7, 11) is 0. The third kappa shape index (κ3) is 2.90. The van der Waals surface area contributed by atoms with Gasteiger partial charge in [0, 0.05) is 5.75 Å². The summed E-state index contributed by atoms with van der Waals surface area (Å²) in [5.41, 5.74) is 2.31. The zero-order chi connectivity index (χ0) is 14.8. The summed E-state index contributed by atoms with van der Waals surface area (Å²) >= 11 is 1.34. The molecule has 1 heterocycles. The first kappa shape index (κ1) is 13.6. The summed E-state index contributed by atoms with van der Waals surface area (Å²) in [6, 6.07) is 11.3. The predicted molar refractivity (Wildman–Crippen MR) is 79.0 cm³/mol. The van der Waals surface area contributed by atoms with Crippen molar-refractivity contribution in [2.45, 2.75) is 10.9 Å². The zero-order valence-electron chi connectivity index (χ0n) is 10.8. The Morgan fingerprint density at radius 3 is 2.86 bits per heavy atom. The van der Waals surface area contributed by atoms with Crippen molar-refractivity contribution in [2.75, 3.05) is 0 Å². The summed E-state index contributed by atoms with van der Waals surface area (Å²) < 4.78 is 13.3. The number of carboxylic acids is 1. The van der Waals surface area contributed by atoms with Crippen LogP contribution in [-0.2, 0) is 5.75 Å². The van der Waals surface area contributed by atoms with Crippen LogP contribution in [0.4, 0.5) is 4.39 Å². The number of fused-ring (bicyclic) bond motifs is 1. The molecule has 0 aliphatic rings. The lowest BCUT2D eigenvalue weighted by Gasteiger charge is -2.04. The average Bonchev–Trinajstić information content (AvgIpc) is 2.87. The van der Waals surface area contributed by atoms with E-state index >= 15 is 0 Å². The van der Waals surface area contributed by atoms with E-state index in [0.717, 1.165) is 17.1 Å². The van der Waals surface area contributed by atoms with E-state index in [2.05, 4.69) is 9.97 Å². The maximum Gasteiger partial charge on any atom is 0.335 e. The van der Waals surface area contributed by atoms with Crippen LogP contribution in [0, 0.1) is 5.82 Å². The molecule has 0 saturated heterocycles. The Kier molecular flexibility index (Phi) is 3.62. The molecule has 0 aliphatic carbocycles. The van der Waals surface area contributed by atoms with E-state index in [9.17, 15) is 9.18 Å². The van der Waals surface area contributed by atoms with Crippen molar-refractivity contribution < 1.29 is 14.3 Å². The minimum atomic E-state index is -1.06. The monoisotopic (exact) mass is 302 g/mol. The Morgan fingerprint density at radius 2 is 2.10 bits per heavy atom. The zero-order valence-corrected chi connectivity index (χ0v) is 11.7. The van der Waals surface area contributed by atoms with Gasteiger partial charge in [-0.2, -0.15) is 0 Å². The minimum Gasteiger partial charge on any atom is -0.478 e. The second-order valence-corrected chi connectivity index (χ2v) is 5.42. The largest absolute Gasteiger partial charge is 0.478 e. The van der Waals surface area contributed by atoms with Crippen LogP contribution >= 0.6 is 11.8 Å². The third-order valence-electron chi connectivity index (χ3n) is 3.03. The molecule has 0 unspecified atom stereocenters. The van der Waals surface area contributed by atoms with Gasteiger partial charge in [0.25, 0.3) is 0 Å². The molecule has 0 saturated carbocycles. The summed E-state index contributed by atoms with van der Waals surface area (Å²) in [5.74, 6) is -1.17. The summed E-state index contributed by atoms with van der Waals surface area (Å²) in [6.07, 6.45) is 0. The molecule has 0 radical (unpaired) electrons. The molecule has 106 valence electrons. The number of nitrogens with one attached hydrogen (secondary N) is 1. The first-order valence-corrected chi connectivity index (χ1v) is 7.21. The van der Waals surface area contributed by atoms with Gasteiger partial charge in [-0.1, -0.05) is 23.9 Å². The highest BCUT2D eigenvalue weighted by Gasteiger charge is 2.12. The number of nitrogens with zero attached hydrogens (tertiary/aromatic N) is 1.